The van der Waals surface area contributed by atoms with Crippen molar-refractivity contribution in [2.24, 2.45) is 0 Å². The molecule has 0 saturated carbocycles. The number of benzene rings is 3. The molecule has 3 aromatic carbocycles. The summed E-state index contributed by atoms with van der Waals surface area (Å²) in [5.74, 6) is 0.898. The molecule has 0 atom stereocenters. The van der Waals surface area contributed by atoms with Crippen LogP contribution < -0.4 is 4.57 Å². The Balaban J connectivity index is 1.39. The molecule has 0 spiro atoms. The Morgan fingerprint density at radius 2 is 1.59 bits per heavy atom. The van der Waals surface area contributed by atoms with Gasteiger partial charge in [0.2, 0.25) is 6.33 Å². The van der Waals surface area contributed by atoms with E-state index in [1.54, 1.807) is 0 Å². The second-order valence-corrected chi connectivity index (χ2v) is 6.67. The average molecular weight is 351 g/mol. The fourth-order valence-electron chi connectivity index (χ4n) is 3.36. The molecule has 0 aliphatic heterocycles. The van der Waals surface area contributed by atoms with Crippen molar-refractivity contribution in [1.29, 1.82) is 0 Å². The second-order valence-electron chi connectivity index (χ2n) is 6.67. The van der Waals surface area contributed by atoms with Crippen LogP contribution in [-0.4, -0.2) is 4.57 Å². The molecule has 130 valence electrons. The van der Waals surface area contributed by atoms with Gasteiger partial charge in [-0.25, -0.2) is 9.13 Å². The highest BCUT2D eigenvalue weighted by molar-refractivity contribution is 5.82. The van der Waals surface area contributed by atoms with Crippen molar-refractivity contribution >= 4 is 11.0 Å². The van der Waals surface area contributed by atoms with Crippen molar-refractivity contribution < 1.29 is 8.98 Å². The van der Waals surface area contributed by atoms with Gasteiger partial charge in [-0.3, -0.25) is 0 Å². The number of hydrogen-bond acceptors (Lipinski definition) is 1. The van der Waals surface area contributed by atoms with E-state index in [2.05, 4.69) is 88.5 Å². The molecule has 0 aliphatic rings. The second kappa shape index (κ2) is 6.61. The van der Waals surface area contributed by atoms with E-state index < -0.39 is 0 Å². The van der Waals surface area contributed by atoms with Crippen molar-refractivity contribution in [1.82, 2.24) is 4.57 Å². The van der Waals surface area contributed by atoms with Crippen LogP contribution in [0.2, 0.25) is 0 Å². The minimum absolute atomic E-state index is 0.866. The van der Waals surface area contributed by atoms with E-state index in [1.807, 2.05) is 24.3 Å². The van der Waals surface area contributed by atoms with Gasteiger partial charge in [0.15, 0.2) is 0 Å². The van der Waals surface area contributed by atoms with Gasteiger partial charge in [0, 0.05) is 10.9 Å². The van der Waals surface area contributed by atoms with E-state index >= 15 is 0 Å². The lowest BCUT2D eigenvalue weighted by Gasteiger charge is -1.99. The van der Waals surface area contributed by atoms with Crippen molar-refractivity contribution in [2.45, 2.75) is 6.54 Å². The normalized spacial score (nSPS) is 11.1. The summed E-state index contributed by atoms with van der Waals surface area (Å²) in [7, 11) is 0. The van der Waals surface area contributed by atoms with Crippen molar-refractivity contribution in [2.75, 3.05) is 0 Å². The van der Waals surface area contributed by atoms with Crippen molar-refractivity contribution in [3.05, 3.63) is 109 Å². The smallest absolute Gasteiger partial charge is 0.249 e. The van der Waals surface area contributed by atoms with E-state index in [9.17, 15) is 0 Å². The van der Waals surface area contributed by atoms with Gasteiger partial charge >= 0.3 is 0 Å². The summed E-state index contributed by atoms with van der Waals surface area (Å²) in [5.41, 5.74) is 4.42. The first-order valence-electron chi connectivity index (χ1n) is 9.05. The molecule has 2 heterocycles. The van der Waals surface area contributed by atoms with Gasteiger partial charge in [-0.2, -0.15) is 0 Å². The largest absolute Gasteiger partial charge is 0.456 e. The molecule has 0 unspecified atom stereocenters. The number of nitrogens with zero attached hydrogens (tertiary/aromatic N) is 2. The third-order valence-corrected chi connectivity index (χ3v) is 4.77. The lowest BCUT2D eigenvalue weighted by Crippen LogP contribution is -2.31. The molecule has 2 aromatic heterocycles. The first-order valence-corrected chi connectivity index (χ1v) is 9.05. The van der Waals surface area contributed by atoms with Crippen LogP contribution in [0.4, 0.5) is 0 Å². The Morgan fingerprint density at radius 3 is 2.41 bits per heavy atom. The Morgan fingerprint density at radius 1 is 0.815 bits per heavy atom. The number of fused-ring (bicyclic) bond motifs is 1. The summed E-state index contributed by atoms with van der Waals surface area (Å²) < 4.78 is 10.3. The number of imidazole rings is 1. The van der Waals surface area contributed by atoms with Gasteiger partial charge in [-0.15, -0.1) is 0 Å². The minimum atomic E-state index is 0.866. The molecule has 5 aromatic rings. The monoisotopic (exact) mass is 351 g/mol. The predicted octanol–water partition coefficient (Wildman–Crippen LogP) is 5.23. The standard InChI is InChI=1S/C24H19N2O/c1-2-6-19(7-3-1)17-25-14-15-26(18-25)22-12-10-20(11-13-22)24-16-21-8-4-5-9-23(21)27-24/h1-16,18H,17H2/q+1. The molecule has 5 rings (SSSR count). The fraction of sp³-hybridized carbons (Fsp3) is 0.0417. The van der Waals surface area contributed by atoms with Crippen molar-refractivity contribution in [3.8, 4) is 17.0 Å². The molecular formula is C24H19N2O+. The first-order chi connectivity index (χ1) is 13.3. The van der Waals surface area contributed by atoms with Gasteiger partial charge in [0.1, 0.15) is 36.0 Å². The zero-order chi connectivity index (χ0) is 18.1. The van der Waals surface area contributed by atoms with Crippen LogP contribution in [0.25, 0.3) is 28.0 Å². The van der Waals surface area contributed by atoms with Crippen LogP contribution >= 0.6 is 0 Å². The molecule has 0 amide bonds. The van der Waals surface area contributed by atoms with E-state index in [1.165, 1.54) is 5.56 Å². The SMILES string of the molecule is c1ccc(C[n+]2ccn(-c3ccc(-c4cc5ccccc5o4)cc3)c2)cc1. The number of aromatic nitrogens is 2. The maximum atomic E-state index is 5.96. The zero-order valence-electron chi connectivity index (χ0n) is 14.8. The number of para-hydroxylation sites is 1. The Kier molecular flexibility index (Phi) is 3.83. The third kappa shape index (κ3) is 3.15. The Labute approximate surface area is 157 Å². The highest BCUT2D eigenvalue weighted by Crippen LogP contribution is 2.28. The quantitative estimate of drug-likeness (QED) is 0.407. The molecule has 0 fully saturated rings. The predicted molar refractivity (Wildman–Crippen MR) is 107 cm³/mol. The van der Waals surface area contributed by atoms with Crippen LogP contribution in [0.5, 0.6) is 0 Å². The van der Waals surface area contributed by atoms with Gasteiger partial charge in [0.25, 0.3) is 0 Å². The highest BCUT2D eigenvalue weighted by Gasteiger charge is 2.09. The molecule has 0 bridgehead atoms. The molecule has 0 N–H and O–H groups in total. The summed E-state index contributed by atoms with van der Waals surface area (Å²) >= 11 is 0. The summed E-state index contributed by atoms with van der Waals surface area (Å²) in [6, 6.07) is 29.1. The Bertz CT molecular complexity index is 1150. The molecule has 0 radical (unpaired) electrons. The maximum Gasteiger partial charge on any atom is 0.249 e. The van der Waals surface area contributed by atoms with Crippen LogP contribution in [0.1, 0.15) is 5.56 Å². The van der Waals surface area contributed by atoms with Gasteiger partial charge in [-0.05, 0) is 42.0 Å². The lowest BCUT2D eigenvalue weighted by molar-refractivity contribution is -0.687. The Hall–Kier alpha value is -3.59. The van der Waals surface area contributed by atoms with Crippen LogP contribution in [0.15, 0.2) is 108 Å². The summed E-state index contributed by atoms with van der Waals surface area (Å²) in [6.45, 7) is 0.866. The fourth-order valence-corrected chi connectivity index (χ4v) is 3.36. The maximum absolute atomic E-state index is 5.96. The summed E-state index contributed by atoms with van der Waals surface area (Å²) in [5, 5.41) is 1.13. The van der Waals surface area contributed by atoms with E-state index in [0.717, 1.165) is 34.5 Å². The van der Waals surface area contributed by atoms with Crippen molar-refractivity contribution in [3.63, 3.8) is 0 Å². The average Bonchev–Trinajstić information content (AvgIpc) is 3.36. The molecular weight excluding hydrogens is 332 g/mol. The topological polar surface area (TPSA) is 21.9 Å². The highest BCUT2D eigenvalue weighted by atomic mass is 16.3. The first kappa shape index (κ1) is 15.6. The van der Waals surface area contributed by atoms with E-state index in [4.69, 9.17) is 4.42 Å². The third-order valence-electron chi connectivity index (χ3n) is 4.77. The van der Waals surface area contributed by atoms with Crippen LogP contribution in [0, 0.1) is 0 Å². The molecule has 3 nitrogen and oxygen atoms in total. The molecule has 0 saturated heterocycles. The zero-order valence-corrected chi connectivity index (χ0v) is 14.8. The number of furan rings is 1. The number of hydrogen-bond donors (Lipinski definition) is 0. The minimum Gasteiger partial charge on any atom is -0.456 e. The molecule has 0 aliphatic carbocycles. The van der Waals surface area contributed by atoms with Crippen LogP contribution in [-0.2, 0) is 6.54 Å². The summed E-state index contributed by atoms with van der Waals surface area (Å²) in [6.07, 6.45) is 6.29. The van der Waals surface area contributed by atoms with E-state index in [-0.39, 0.29) is 0 Å². The van der Waals surface area contributed by atoms with E-state index in [0.29, 0.717) is 0 Å². The lowest BCUT2D eigenvalue weighted by atomic mass is 10.1. The summed E-state index contributed by atoms with van der Waals surface area (Å²) in [4.78, 5) is 0. The molecule has 3 heteroatoms. The molecule has 27 heavy (non-hydrogen) atoms. The van der Waals surface area contributed by atoms with Gasteiger partial charge in [0.05, 0.1) is 0 Å². The van der Waals surface area contributed by atoms with Crippen LogP contribution in [0.3, 0.4) is 0 Å². The van der Waals surface area contributed by atoms with Gasteiger partial charge in [-0.1, -0.05) is 48.5 Å². The van der Waals surface area contributed by atoms with Gasteiger partial charge < -0.3 is 4.42 Å². The number of rotatable bonds is 4.